The lowest BCUT2D eigenvalue weighted by Gasteiger charge is -2.10. The number of carbonyl (C=O) groups is 1. The van der Waals surface area contributed by atoms with Crippen LogP contribution in [0.3, 0.4) is 0 Å². The second-order valence-corrected chi connectivity index (χ2v) is 2.89. The van der Waals surface area contributed by atoms with Crippen LogP contribution in [0.15, 0.2) is 24.3 Å². The lowest BCUT2D eigenvalue weighted by Crippen LogP contribution is -2.15. The molecular formula is C10H14N2O3. The Labute approximate surface area is 87.9 Å². The summed E-state index contributed by atoms with van der Waals surface area (Å²) in [6.45, 7) is 0.780. The minimum atomic E-state index is -0.997. The van der Waals surface area contributed by atoms with E-state index in [1.165, 1.54) is 0 Å². The van der Waals surface area contributed by atoms with Gasteiger partial charge in [0.15, 0.2) is 6.61 Å². The number of ether oxygens (including phenoxy) is 1. The molecule has 0 bridgehead atoms. The van der Waals surface area contributed by atoms with Gasteiger partial charge >= 0.3 is 5.97 Å². The summed E-state index contributed by atoms with van der Waals surface area (Å²) in [7, 11) is 0. The fourth-order valence-electron chi connectivity index (χ4n) is 1.08. The third kappa shape index (κ3) is 3.86. The first-order valence-corrected chi connectivity index (χ1v) is 4.61. The van der Waals surface area contributed by atoms with Gasteiger partial charge in [0, 0.05) is 13.1 Å². The molecule has 1 aromatic rings. The number of nitrogens with two attached hydrogens (primary N) is 1. The summed E-state index contributed by atoms with van der Waals surface area (Å²) < 4.78 is 5.09. The van der Waals surface area contributed by atoms with Crippen LogP contribution in [0.2, 0.25) is 0 Å². The summed E-state index contributed by atoms with van der Waals surface area (Å²) in [5.74, 6) is -0.475. The molecule has 0 aliphatic carbocycles. The maximum absolute atomic E-state index is 10.3. The van der Waals surface area contributed by atoms with E-state index in [0.29, 0.717) is 18.8 Å². The molecule has 0 spiro atoms. The molecule has 4 N–H and O–H groups in total. The highest BCUT2D eigenvalue weighted by atomic mass is 16.5. The number of para-hydroxylation sites is 2. The Morgan fingerprint density at radius 1 is 1.47 bits per heavy atom. The van der Waals surface area contributed by atoms with Crippen LogP contribution < -0.4 is 15.8 Å². The van der Waals surface area contributed by atoms with Crippen molar-refractivity contribution in [2.45, 2.75) is 0 Å². The van der Waals surface area contributed by atoms with Crippen molar-refractivity contribution in [3.8, 4) is 5.75 Å². The van der Waals surface area contributed by atoms with Crippen molar-refractivity contribution in [1.82, 2.24) is 0 Å². The maximum atomic E-state index is 10.3. The van der Waals surface area contributed by atoms with E-state index in [1.807, 2.05) is 12.1 Å². The van der Waals surface area contributed by atoms with Gasteiger partial charge in [-0.2, -0.15) is 0 Å². The van der Waals surface area contributed by atoms with Crippen molar-refractivity contribution < 1.29 is 14.6 Å². The molecule has 0 atom stereocenters. The first-order valence-electron chi connectivity index (χ1n) is 4.61. The van der Waals surface area contributed by atoms with Crippen LogP contribution in [0.1, 0.15) is 0 Å². The standard InChI is InChI=1S/C10H14N2O3/c11-5-6-12-8-3-1-2-4-9(8)15-7-10(13)14/h1-4,12H,5-7,11H2,(H,13,14). The Morgan fingerprint density at radius 2 is 2.20 bits per heavy atom. The van der Waals surface area contributed by atoms with E-state index in [2.05, 4.69) is 5.32 Å². The molecule has 0 heterocycles. The lowest BCUT2D eigenvalue weighted by molar-refractivity contribution is -0.139. The zero-order chi connectivity index (χ0) is 11.1. The highest BCUT2D eigenvalue weighted by molar-refractivity contribution is 5.69. The maximum Gasteiger partial charge on any atom is 0.341 e. The quantitative estimate of drug-likeness (QED) is 0.637. The zero-order valence-corrected chi connectivity index (χ0v) is 8.27. The minimum absolute atomic E-state index is 0.346. The predicted octanol–water partition coefficient (Wildman–Crippen LogP) is 0.521. The first kappa shape index (κ1) is 11.3. The van der Waals surface area contributed by atoms with E-state index in [1.54, 1.807) is 12.1 Å². The van der Waals surface area contributed by atoms with Gasteiger partial charge in [0.1, 0.15) is 5.75 Å². The van der Waals surface area contributed by atoms with E-state index >= 15 is 0 Å². The molecule has 0 aromatic heterocycles. The van der Waals surface area contributed by atoms with Gasteiger partial charge in [-0.25, -0.2) is 4.79 Å². The van der Waals surface area contributed by atoms with E-state index in [4.69, 9.17) is 15.6 Å². The van der Waals surface area contributed by atoms with E-state index in [0.717, 1.165) is 5.69 Å². The molecule has 0 aliphatic rings. The third-order valence-corrected chi connectivity index (χ3v) is 1.70. The predicted molar refractivity (Wildman–Crippen MR) is 57.1 cm³/mol. The molecule has 0 saturated carbocycles. The number of nitrogens with one attached hydrogen (secondary N) is 1. The van der Waals surface area contributed by atoms with Crippen molar-refractivity contribution in [2.24, 2.45) is 5.73 Å². The van der Waals surface area contributed by atoms with Crippen LogP contribution in [0.5, 0.6) is 5.75 Å². The van der Waals surface area contributed by atoms with Gasteiger partial charge in [0.2, 0.25) is 0 Å². The number of carboxylic acids is 1. The summed E-state index contributed by atoms with van der Waals surface area (Å²) >= 11 is 0. The number of rotatable bonds is 6. The third-order valence-electron chi connectivity index (χ3n) is 1.70. The number of anilines is 1. The normalized spacial score (nSPS) is 9.67. The van der Waals surface area contributed by atoms with Gasteiger partial charge < -0.3 is 20.9 Å². The van der Waals surface area contributed by atoms with Crippen molar-refractivity contribution in [1.29, 1.82) is 0 Å². The summed E-state index contributed by atoms with van der Waals surface area (Å²) in [5, 5.41) is 11.5. The topological polar surface area (TPSA) is 84.6 Å². The smallest absolute Gasteiger partial charge is 0.341 e. The Hall–Kier alpha value is -1.75. The van der Waals surface area contributed by atoms with Gasteiger partial charge in [-0.1, -0.05) is 12.1 Å². The SMILES string of the molecule is NCCNc1ccccc1OCC(=O)O. The minimum Gasteiger partial charge on any atom is -0.480 e. The molecule has 0 radical (unpaired) electrons. The van der Waals surface area contributed by atoms with Crippen LogP contribution in [-0.2, 0) is 4.79 Å². The monoisotopic (exact) mass is 210 g/mol. The lowest BCUT2D eigenvalue weighted by atomic mass is 10.3. The van der Waals surface area contributed by atoms with Crippen molar-refractivity contribution >= 4 is 11.7 Å². The fourth-order valence-corrected chi connectivity index (χ4v) is 1.08. The Morgan fingerprint density at radius 3 is 2.87 bits per heavy atom. The highest BCUT2D eigenvalue weighted by Gasteiger charge is 2.03. The van der Waals surface area contributed by atoms with Gasteiger partial charge in [0.25, 0.3) is 0 Å². The zero-order valence-electron chi connectivity index (χ0n) is 8.27. The van der Waals surface area contributed by atoms with E-state index in [9.17, 15) is 4.79 Å². The van der Waals surface area contributed by atoms with Crippen molar-refractivity contribution in [3.05, 3.63) is 24.3 Å². The molecule has 0 aliphatic heterocycles. The van der Waals surface area contributed by atoms with Crippen LogP contribution in [-0.4, -0.2) is 30.8 Å². The van der Waals surface area contributed by atoms with Crippen molar-refractivity contribution in [3.63, 3.8) is 0 Å². The van der Waals surface area contributed by atoms with Crippen molar-refractivity contribution in [2.75, 3.05) is 25.0 Å². The second-order valence-electron chi connectivity index (χ2n) is 2.89. The van der Waals surface area contributed by atoms with Crippen LogP contribution >= 0.6 is 0 Å². The number of hydrogen-bond acceptors (Lipinski definition) is 4. The molecule has 15 heavy (non-hydrogen) atoms. The van der Waals surface area contributed by atoms with Gasteiger partial charge in [-0.3, -0.25) is 0 Å². The molecule has 0 saturated heterocycles. The molecule has 82 valence electrons. The van der Waals surface area contributed by atoms with E-state index in [-0.39, 0.29) is 6.61 Å². The largest absolute Gasteiger partial charge is 0.480 e. The number of aliphatic carboxylic acids is 1. The Bertz CT molecular complexity index is 328. The van der Waals surface area contributed by atoms with Gasteiger partial charge in [-0.15, -0.1) is 0 Å². The molecule has 1 rings (SSSR count). The molecular weight excluding hydrogens is 196 g/mol. The molecule has 5 nitrogen and oxygen atoms in total. The first-order chi connectivity index (χ1) is 7.24. The van der Waals surface area contributed by atoms with Gasteiger partial charge in [0.05, 0.1) is 5.69 Å². The Balaban J connectivity index is 2.63. The van der Waals surface area contributed by atoms with Crippen LogP contribution in [0.25, 0.3) is 0 Å². The summed E-state index contributed by atoms with van der Waals surface area (Å²) in [4.78, 5) is 10.3. The Kier molecular flexibility index (Phi) is 4.43. The number of benzene rings is 1. The van der Waals surface area contributed by atoms with Crippen LogP contribution in [0, 0.1) is 0 Å². The number of hydrogen-bond donors (Lipinski definition) is 3. The average Bonchev–Trinajstić information content (AvgIpc) is 2.24. The summed E-state index contributed by atoms with van der Waals surface area (Å²) in [6, 6.07) is 7.14. The second kappa shape index (κ2) is 5.87. The van der Waals surface area contributed by atoms with Crippen LogP contribution in [0.4, 0.5) is 5.69 Å². The summed E-state index contributed by atoms with van der Waals surface area (Å²) in [5.41, 5.74) is 6.11. The average molecular weight is 210 g/mol. The molecule has 5 heteroatoms. The molecule has 0 fully saturated rings. The highest BCUT2D eigenvalue weighted by Crippen LogP contribution is 2.23. The number of carboxylic acid groups (broad SMARTS) is 1. The molecule has 1 aromatic carbocycles. The molecule has 0 unspecified atom stereocenters. The van der Waals surface area contributed by atoms with E-state index < -0.39 is 5.97 Å². The van der Waals surface area contributed by atoms with Gasteiger partial charge in [-0.05, 0) is 12.1 Å². The molecule has 0 amide bonds. The fraction of sp³-hybridized carbons (Fsp3) is 0.300. The summed E-state index contributed by atoms with van der Waals surface area (Å²) in [6.07, 6.45) is 0.